The van der Waals surface area contributed by atoms with Crippen molar-refractivity contribution >= 4 is 33.5 Å². The van der Waals surface area contributed by atoms with Gasteiger partial charge in [-0.3, -0.25) is 4.98 Å². The highest BCUT2D eigenvalue weighted by Crippen LogP contribution is 2.22. The Kier molecular flexibility index (Phi) is 8.90. The van der Waals surface area contributed by atoms with E-state index in [1.165, 1.54) is 0 Å². The number of alkyl halides is 1. The third-order valence-electron chi connectivity index (χ3n) is 1.83. The Morgan fingerprint density at radius 2 is 1.69 bits per heavy atom. The van der Waals surface area contributed by atoms with Gasteiger partial charge in [-0.05, 0) is 23.1 Å². The van der Waals surface area contributed by atoms with Crippen LogP contribution in [-0.2, 0) is 0 Å². The average molecular weight is 331 g/mol. The zero-order chi connectivity index (χ0) is 12.4. The average Bonchev–Trinajstić information content (AvgIpc) is 2.42. The molecular formula is C13H18INO. The second kappa shape index (κ2) is 9.39. The molecule has 0 saturated heterocycles. The van der Waals surface area contributed by atoms with E-state index in [0.717, 1.165) is 16.7 Å². The van der Waals surface area contributed by atoms with Gasteiger partial charge >= 0.3 is 0 Å². The van der Waals surface area contributed by atoms with E-state index in [1.54, 1.807) is 13.3 Å². The van der Waals surface area contributed by atoms with Crippen molar-refractivity contribution in [3.8, 4) is 5.75 Å². The van der Waals surface area contributed by atoms with Gasteiger partial charge in [-0.15, -0.1) is 0 Å². The summed E-state index contributed by atoms with van der Waals surface area (Å²) in [5.74, 6) is 0.876. The first kappa shape index (κ1) is 15.2. The summed E-state index contributed by atoms with van der Waals surface area (Å²) in [6, 6.07) is 9.78. The van der Waals surface area contributed by atoms with Crippen LogP contribution in [0.2, 0.25) is 0 Å². The van der Waals surface area contributed by atoms with Gasteiger partial charge < -0.3 is 4.74 Å². The number of para-hydroxylation sites is 1. The minimum atomic E-state index is 0.876. The monoisotopic (exact) mass is 331 g/mol. The fourth-order valence-corrected chi connectivity index (χ4v) is 1.25. The maximum atomic E-state index is 5.19. The van der Waals surface area contributed by atoms with E-state index in [1.807, 2.05) is 49.1 Å². The summed E-state index contributed by atoms with van der Waals surface area (Å²) in [6.07, 6.45) is 1.75. The molecule has 1 heterocycles. The summed E-state index contributed by atoms with van der Waals surface area (Å²) in [6.45, 7) is 4.00. The number of ether oxygens (including phenoxy) is 1. The number of hydrogen-bond donors (Lipinski definition) is 0. The first-order valence-corrected chi connectivity index (χ1v) is 7.33. The summed E-state index contributed by atoms with van der Waals surface area (Å²) in [7, 11) is 1.67. The van der Waals surface area contributed by atoms with Gasteiger partial charge in [-0.1, -0.05) is 48.6 Å². The largest absolute Gasteiger partial charge is 0.496 e. The molecule has 2 nitrogen and oxygen atoms in total. The zero-order valence-electron chi connectivity index (χ0n) is 10.2. The summed E-state index contributed by atoms with van der Waals surface area (Å²) in [5.41, 5.74) is 0.969. The molecular weight excluding hydrogens is 313 g/mol. The van der Waals surface area contributed by atoms with Gasteiger partial charge in [-0.2, -0.15) is 0 Å². The van der Waals surface area contributed by atoms with Crippen molar-refractivity contribution in [2.24, 2.45) is 0 Å². The number of benzene rings is 1. The quantitative estimate of drug-likeness (QED) is 0.573. The van der Waals surface area contributed by atoms with Crippen LogP contribution in [0.4, 0.5) is 0 Å². The van der Waals surface area contributed by atoms with Crippen molar-refractivity contribution in [1.82, 2.24) is 4.98 Å². The highest BCUT2D eigenvalue weighted by atomic mass is 127. The molecule has 0 unspecified atom stereocenters. The third kappa shape index (κ3) is 3.96. The first-order valence-electron chi connectivity index (χ1n) is 5.17. The molecule has 0 N–H and O–H groups in total. The van der Waals surface area contributed by atoms with Gasteiger partial charge in [0.15, 0.2) is 0 Å². The van der Waals surface area contributed by atoms with Gasteiger partial charge in [0.1, 0.15) is 5.75 Å². The maximum absolute atomic E-state index is 5.19. The summed E-state index contributed by atoms with van der Waals surface area (Å²) in [5, 5.41) is 1.06. The van der Waals surface area contributed by atoms with Gasteiger partial charge in [0.2, 0.25) is 0 Å². The molecule has 0 atom stereocenters. The first-order chi connectivity index (χ1) is 7.92. The van der Waals surface area contributed by atoms with E-state index in [9.17, 15) is 0 Å². The lowest BCUT2D eigenvalue weighted by Crippen LogP contribution is -1.85. The fourth-order valence-electron chi connectivity index (χ4n) is 1.25. The number of fused-ring (bicyclic) bond motifs is 1. The molecule has 0 aliphatic heterocycles. The molecule has 0 aliphatic carbocycles. The Bertz CT molecular complexity index is 399. The molecule has 0 bridgehead atoms. The van der Waals surface area contributed by atoms with Crippen molar-refractivity contribution in [2.75, 3.05) is 12.0 Å². The van der Waals surface area contributed by atoms with Crippen LogP contribution in [0.25, 0.3) is 10.9 Å². The molecule has 1 aromatic carbocycles. The summed E-state index contributed by atoms with van der Waals surface area (Å²) < 4.78 is 5.19. The Morgan fingerprint density at radius 1 is 1.06 bits per heavy atom. The van der Waals surface area contributed by atoms with Crippen LogP contribution in [0.1, 0.15) is 13.8 Å². The van der Waals surface area contributed by atoms with Crippen molar-refractivity contribution in [3.05, 3.63) is 36.5 Å². The topological polar surface area (TPSA) is 22.1 Å². The lowest BCUT2D eigenvalue weighted by Gasteiger charge is -2.02. The highest BCUT2D eigenvalue weighted by Gasteiger charge is 1.98. The lowest BCUT2D eigenvalue weighted by atomic mass is 10.2. The third-order valence-corrected chi connectivity index (χ3v) is 1.83. The van der Waals surface area contributed by atoms with E-state index in [4.69, 9.17) is 4.74 Å². The molecule has 0 radical (unpaired) electrons. The molecule has 88 valence electrons. The second-order valence-corrected chi connectivity index (χ2v) is 2.53. The molecule has 0 saturated carbocycles. The number of hydrogen-bond acceptors (Lipinski definition) is 2. The van der Waals surface area contributed by atoms with Gasteiger partial charge in [0.05, 0.1) is 12.6 Å². The molecule has 3 heteroatoms. The van der Waals surface area contributed by atoms with Gasteiger partial charge in [0.25, 0.3) is 0 Å². The van der Waals surface area contributed by atoms with E-state index in [2.05, 4.69) is 27.6 Å². The van der Waals surface area contributed by atoms with E-state index >= 15 is 0 Å². The number of methoxy groups -OCH3 is 1. The SMILES string of the molecule is CC.CI.COc1ccnc2ccccc12. The van der Waals surface area contributed by atoms with Crippen LogP contribution in [0.5, 0.6) is 5.75 Å². The molecule has 1 aromatic heterocycles. The van der Waals surface area contributed by atoms with E-state index < -0.39 is 0 Å². The Balaban J connectivity index is 0.000000509. The Morgan fingerprint density at radius 3 is 2.31 bits per heavy atom. The minimum Gasteiger partial charge on any atom is -0.496 e. The van der Waals surface area contributed by atoms with Gasteiger partial charge in [-0.25, -0.2) is 0 Å². The van der Waals surface area contributed by atoms with Crippen molar-refractivity contribution in [2.45, 2.75) is 13.8 Å². The lowest BCUT2D eigenvalue weighted by molar-refractivity contribution is 0.419. The number of halogens is 1. The number of pyridine rings is 1. The number of nitrogens with zero attached hydrogens (tertiary/aromatic N) is 1. The van der Waals surface area contributed by atoms with Crippen LogP contribution >= 0.6 is 22.6 Å². The highest BCUT2D eigenvalue weighted by molar-refractivity contribution is 14.1. The molecule has 16 heavy (non-hydrogen) atoms. The van der Waals surface area contributed by atoms with Gasteiger partial charge in [0, 0.05) is 11.6 Å². The standard InChI is InChI=1S/C10H9NO.C2H6.CH3I/c1-12-10-6-7-11-9-5-3-2-4-8(9)10;2*1-2/h2-7H,1H3;1-2H3;1H3. The smallest absolute Gasteiger partial charge is 0.129 e. The van der Waals surface area contributed by atoms with Crippen LogP contribution in [-0.4, -0.2) is 17.0 Å². The normalized spacial score (nSPS) is 8.31. The number of rotatable bonds is 1. The molecule has 0 amide bonds. The zero-order valence-corrected chi connectivity index (χ0v) is 12.4. The molecule has 2 rings (SSSR count). The summed E-state index contributed by atoms with van der Waals surface area (Å²) >= 11 is 2.15. The molecule has 0 aliphatic rings. The van der Waals surface area contributed by atoms with Crippen LogP contribution in [0.15, 0.2) is 36.5 Å². The predicted molar refractivity (Wildman–Crippen MR) is 79.6 cm³/mol. The van der Waals surface area contributed by atoms with E-state index in [0.29, 0.717) is 0 Å². The van der Waals surface area contributed by atoms with Crippen LogP contribution in [0, 0.1) is 0 Å². The van der Waals surface area contributed by atoms with Crippen LogP contribution < -0.4 is 4.74 Å². The Labute approximate surface area is 111 Å². The van der Waals surface area contributed by atoms with Crippen molar-refractivity contribution in [3.63, 3.8) is 0 Å². The fraction of sp³-hybridized carbons (Fsp3) is 0.308. The van der Waals surface area contributed by atoms with Crippen molar-refractivity contribution in [1.29, 1.82) is 0 Å². The predicted octanol–water partition coefficient (Wildman–Crippen LogP) is 4.32. The molecule has 0 spiro atoms. The summed E-state index contributed by atoms with van der Waals surface area (Å²) in [4.78, 5) is 6.18. The van der Waals surface area contributed by atoms with Crippen LogP contribution in [0.3, 0.4) is 0 Å². The maximum Gasteiger partial charge on any atom is 0.129 e. The molecule has 2 aromatic rings. The minimum absolute atomic E-state index is 0.876. The Hall–Kier alpha value is -0.840. The van der Waals surface area contributed by atoms with E-state index in [-0.39, 0.29) is 0 Å². The second-order valence-electron chi connectivity index (χ2n) is 2.53. The van der Waals surface area contributed by atoms with Crippen molar-refractivity contribution < 1.29 is 4.74 Å². The molecule has 0 fully saturated rings. The number of aromatic nitrogens is 1.